The quantitative estimate of drug-likeness (QED) is 0.837. The molecule has 0 fully saturated rings. The summed E-state index contributed by atoms with van der Waals surface area (Å²) in [6, 6.07) is 6.68. The molecular formula is C12H13N5O3. The molecule has 1 aromatic carbocycles. The second-order valence-corrected chi connectivity index (χ2v) is 4.02. The van der Waals surface area contributed by atoms with Gasteiger partial charge in [0.25, 0.3) is 5.91 Å². The molecular weight excluding hydrogens is 262 g/mol. The Hall–Kier alpha value is -2.77. The molecule has 104 valence electrons. The maximum absolute atomic E-state index is 12.2. The number of aromatic nitrogens is 4. The van der Waals surface area contributed by atoms with Gasteiger partial charge in [0.2, 0.25) is 0 Å². The summed E-state index contributed by atoms with van der Waals surface area (Å²) in [7, 11) is 0. The van der Waals surface area contributed by atoms with E-state index < -0.39 is 5.97 Å². The molecule has 0 radical (unpaired) electrons. The Kier molecular flexibility index (Phi) is 4.04. The molecule has 0 bridgehead atoms. The van der Waals surface area contributed by atoms with Gasteiger partial charge in [0.1, 0.15) is 12.9 Å². The van der Waals surface area contributed by atoms with Gasteiger partial charge in [-0.3, -0.25) is 9.59 Å². The first kappa shape index (κ1) is 13.7. The molecule has 2 aromatic rings. The molecule has 0 unspecified atom stereocenters. The topological polar surface area (TPSA) is 101 Å². The van der Waals surface area contributed by atoms with E-state index in [9.17, 15) is 9.59 Å². The van der Waals surface area contributed by atoms with Crippen LogP contribution in [0.2, 0.25) is 0 Å². The average Bonchev–Trinajstić information content (AvgIpc) is 2.98. The molecule has 0 aliphatic rings. The Morgan fingerprint density at radius 3 is 2.80 bits per heavy atom. The van der Waals surface area contributed by atoms with Crippen molar-refractivity contribution < 1.29 is 14.7 Å². The minimum absolute atomic E-state index is 0.320. The van der Waals surface area contributed by atoms with Crippen LogP contribution in [0.3, 0.4) is 0 Å². The van der Waals surface area contributed by atoms with Gasteiger partial charge < -0.3 is 10.0 Å². The summed E-state index contributed by atoms with van der Waals surface area (Å²) in [5.74, 6) is -1.39. The summed E-state index contributed by atoms with van der Waals surface area (Å²) in [4.78, 5) is 24.2. The SMILES string of the molecule is CCN(CC(=O)O)C(=O)c1cccc(-n2cnnn2)c1. The third-order valence-corrected chi connectivity index (χ3v) is 2.70. The Bertz CT molecular complexity index is 611. The Labute approximate surface area is 114 Å². The van der Waals surface area contributed by atoms with Crippen LogP contribution >= 0.6 is 0 Å². The van der Waals surface area contributed by atoms with E-state index in [4.69, 9.17) is 5.11 Å². The fourth-order valence-electron chi connectivity index (χ4n) is 1.73. The fourth-order valence-corrected chi connectivity index (χ4v) is 1.73. The molecule has 2 rings (SSSR count). The number of hydrogen-bond acceptors (Lipinski definition) is 5. The molecule has 0 spiro atoms. The smallest absolute Gasteiger partial charge is 0.323 e. The number of rotatable bonds is 5. The fraction of sp³-hybridized carbons (Fsp3) is 0.250. The first-order valence-electron chi connectivity index (χ1n) is 5.96. The minimum atomic E-state index is -1.04. The number of likely N-dealkylation sites (N-methyl/N-ethyl adjacent to an activating group) is 1. The molecule has 0 saturated carbocycles. The van der Waals surface area contributed by atoms with Gasteiger partial charge in [-0.15, -0.1) is 5.10 Å². The number of carboxylic acids is 1. The number of amides is 1. The van der Waals surface area contributed by atoms with Crippen molar-refractivity contribution in [1.82, 2.24) is 25.1 Å². The van der Waals surface area contributed by atoms with E-state index in [1.54, 1.807) is 31.2 Å². The van der Waals surface area contributed by atoms with Crippen LogP contribution in [0.5, 0.6) is 0 Å². The van der Waals surface area contributed by atoms with Crippen molar-refractivity contribution in [2.45, 2.75) is 6.92 Å². The molecule has 0 atom stereocenters. The molecule has 1 heterocycles. The average molecular weight is 275 g/mol. The van der Waals surface area contributed by atoms with E-state index in [1.165, 1.54) is 15.9 Å². The summed E-state index contributed by atoms with van der Waals surface area (Å²) >= 11 is 0. The van der Waals surface area contributed by atoms with Crippen LogP contribution in [0.25, 0.3) is 5.69 Å². The van der Waals surface area contributed by atoms with E-state index in [1.807, 2.05) is 0 Å². The first-order chi connectivity index (χ1) is 9.61. The molecule has 1 amide bonds. The lowest BCUT2D eigenvalue weighted by Gasteiger charge is -2.18. The summed E-state index contributed by atoms with van der Waals surface area (Å²) in [5, 5.41) is 19.6. The zero-order valence-corrected chi connectivity index (χ0v) is 10.8. The Balaban J connectivity index is 2.26. The molecule has 8 heteroatoms. The van der Waals surface area contributed by atoms with E-state index >= 15 is 0 Å². The molecule has 0 aliphatic carbocycles. The summed E-state index contributed by atoms with van der Waals surface area (Å²) < 4.78 is 1.42. The van der Waals surface area contributed by atoms with Crippen LogP contribution in [0.4, 0.5) is 0 Å². The third kappa shape index (κ3) is 2.97. The number of carboxylic acid groups (broad SMARTS) is 1. The summed E-state index contributed by atoms with van der Waals surface area (Å²) in [6.45, 7) is 1.72. The summed E-state index contributed by atoms with van der Waals surface area (Å²) in [6.07, 6.45) is 1.42. The standard InChI is InChI=1S/C12H13N5O3/c1-2-16(7-11(18)19)12(20)9-4-3-5-10(6-9)17-8-13-14-15-17/h3-6,8H,2,7H2,1H3,(H,18,19). The van der Waals surface area contributed by atoms with Crippen molar-refractivity contribution in [2.24, 2.45) is 0 Å². The molecule has 0 saturated heterocycles. The van der Waals surface area contributed by atoms with Gasteiger partial charge in [0, 0.05) is 12.1 Å². The number of nitrogens with zero attached hydrogens (tertiary/aromatic N) is 5. The molecule has 20 heavy (non-hydrogen) atoms. The highest BCUT2D eigenvalue weighted by atomic mass is 16.4. The van der Waals surface area contributed by atoms with Crippen LogP contribution in [0.1, 0.15) is 17.3 Å². The van der Waals surface area contributed by atoms with Crippen molar-refractivity contribution in [3.8, 4) is 5.69 Å². The van der Waals surface area contributed by atoms with Gasteiger partial charge in [-0.25, -0.2) is 4.68 Å². The Morgan fingerprint density at radius 2 is 2.20 bits per heavy atom. The highest BCUT2D eigenvalue weighted by Crippen LogP contribution is 2.11. The maximum atomic E-state index is 12.2. The van der Waals surface area contributed by atoms with Gasteiger partial charge in [0.15, 0.2) is 0 Å². The molecule has 8 nitrogen and oxygen atoms in total. The van der Waals surface area contributed by atoms with Crippen LogP contribution in [0, 0.1) is 0 Å². The highest BCUT2D eigenvalue weighted by molar-refractivity contribution is 5.96. The maximum Gasteiger partial charge on any atom is 0.323 e. The lowest BCUT2D eigenvalue weighted by molar-refractivity contribution is -0.137. The van der Waals surface area contributed by atoms with Crippen LogP contribution in [-0.2, 0) is 4.79 Å². The normalized spacial score (nSPS) is 10.2. The highest BCUT2D eigenvalue weighted by Gasteiger charge is 2.17. The van der Waals surface area contributed by atoms with Gasteiger partial charge in [0.05, 0.1) is 5.69 Å². The number of aliphatic carboxylic acids is 1. The van der Waals surface area contributed by atoms with Crippen LogP contribution in [-0.4, -0.2) is 55.2 Å². The van der Waals surface area contributed by atoms with Crippen molar-refractivity contribution >= 4 is 11.9 Å². The van der Waals surface area contributed by atoms with E-state index in [0.717, 1.165) is 0 Å². The lowest BCUT2D eigenvalue weighted by Crippen LogP contribution is -2.35. The predicted molar refractivity (Wildman–Crippen MR) is 68.4 cm³/mol. The number of hydrogen-bond donors (Lipinski definition) is 1. The number of benzene rings is 1. The third-order valence-electron chi connectivity index (χ3n) is 2.70. The zero-order valence-electron chi connectivity index (χ0n) is 10.8. The minimum Gasteiger partial charge on any atom is -0.480 e. The first-order valence-corrected chi connectivity index (χ1v) is 5.96. The second-order valence-electron chi connectivity index (χ2n) is 4.02. The van der Waals surface area contributed by atoms with Crippen molar-refractivity contribution in [2.75, 3.05) is 13.1 Å². The number of tetrazole rings is 1. The lowest BCUT2D eigenvalue weighted by atomic mass is 10.1. The zero-order chi connectivity index (χ0) is 14.5. The van der Waals surface area contributed by atoms with Gasteiger partial charge in [-0.2, -0.15) is 0 Å². The predicted octanol–water partition coefficient (Wildman–Crippen LogP) is 0.209. The van der Waals surface area contributed by atoms with Gasteiger partial charge in [-0.1, -0.05) is 6.07 Å². The van der Waals surface area contributed by atoms with E-state index in [-0.39, 0.29) is 12.5 Å². The van der Waals surface area contributed by atoms with Gasteiger partial charge >= 0.3 is 5.97 Å². The van der Waals surface area contributed by atoms with Crippen molar-refractivity contribution in [3.63, 3.8) is 0 Å². The molecule has 1 N–H and O–H groups in total. The number of carbonyl (C=O) groups excluding carboxylic acids is 1. The van der Waals surface area contributed by atoms with Gasteiger partial charge in [-0.05, 0) is 35.5 Å². The second kappa shape index (κ2) is 5.91. The van der Waals surface area contributed by atoms with Crippen LogP contribution in [0.15, 0.2) is 30.6 Å². The molecule has 0 aliphatic heterocycles. The number of carbonyl (C=O) groups is 2. The van der Waals surface area contributed by atoms with Crippen LogP contribution < -0.4 is 0 Å². The monoisotopic (exact) mass is 275 g/mol. The Morgan fingerprint density at radius 1 is 1.40 bits per heavy atom. The van der Waals surface area contributed by atoms with Crippen molar-refractivity contribution in [3.05, 3.63) is 36.2 Å². The van der Waals surface area contributed by atoms with E-state index in [2.05, 4.69) is 15.5 Å². The molecule has 1 aromatic heterocycles. The largest absolute Gasteiger partial charge is 0.480 e. The van der Waals surface area contributed by atoms with Crippen molar-refractivity contribution in [1.29, 1.82) is 0 Å². The van der Waals surface area contributed by atoms with E-state index in [0.29, 0.717) is 17.8 Å². The summed E-state index contributed by atoms with van der Waals surface area (Å²) in [5.41, 5.74) is 1.02.